The lowest BCUT2D eigenvalue weighted by molar-refractivity contribution is 0.0824. The fourth-order valence-electron chi connectivity index (χ4n) is 2.70. The smallest absolute Gasteiger partial charge is 0.203 e. The normalized spacial score (nSPS) is 16.6. The Balaban J connectivity index is 1.92. The van der Waals surface area contributed by atoms with Crippen molar-refractivity contribution in [3.8, 4) is 28.7 Å². The summed E-state index contributed by atoms with van der Waals surface area (Å²) in [5.41, 5.74) is 0.896. The molecule has 0 aromatic heterocycles. The second-order valence-electron chi connectivity index (χ2n) is 5.39. The summed E-state index contributed by atoms with van der Waals surface area (Å²) >= 11 is 0. The Morgan fingerprint density at radius 3 is 2.57 bits per heavy atom. The van der Waals surface area contributed by atoms with Crippen LogP contribution in [0.4, 0.5) is 0 Å². The van der Waals surface area contributed by atoms with Gasteiger partial charge in [0.1, 0.15) is 17.1 Å². The molecule has 0 aliphatic carbocycles. The van der Waals surface area contributed by atoms with Crippen LogP contribution < -0.4 is 9.47 Å². The largest absolute Gasteiger partial charge is 0.508 e. The average Bonchev–Trinajstić information content (AvgIpc) is 2.52. The number of benzene rings is 2. The highest BCUT2D eigenvalue weighted by molar-refractivity contribution is 6.05. The van der Waals surface area contributed by atoms with Crippen LogP contribution in [0.5, 0.6) is 28.7 Å². The lowest BCUT2D eigenvalue weighted by Crippen LogP contribution is -2.29. The summed E-state index contributed by atoms with van der Waals surface area (Å²) in [5, 5.41) is 29.3. The molecule has 0 saturated carbocycles. The second kappa shape index (κ2) is 5.72. The molecule has 1 aliphatic rings. The average molecular weight is 316 g/mol. The summed E-state index contributed by atoms with van der Waals surface area (Å²) in [4.78, 5) is 12.7. The Labute approximate surface area is 132 Å². The third kappa shape index (κ3) is 2.63. The van der Waals surface area contributed by atoms with Crippen molar-refractivity contribution < 1.29 is 29.6 Å². The van der Waals surface area contributed by atoms with Crippen LogP contribution in [0, 0.1) is 5.92 Å². The van der Waals surface area contributed by atoms with Crippen LogP contribution in [0.1, 0.15) is 15.9 Å². The van der Waals surface area contributed by atoms with Crippen LogP contribution >= 0.6 is 0 Å². The highest BCUT2D eigenvalue weighted by Crippen LogP contribution is 2.46. The van der Waals surface area contributed by atoms with E-state index in [1.165, 1.54) is 13.2 Å². The van der Waals surface area contributed by atoms with Gasteiger partial charge in [-0.25, -0.2) is 0 Å². The molecule has 0 radical (unpaired) electrons. The Bertz CT molecular complexity index is 751. The van der Waals surface area contributed by atoms with E-state index in [1.807, 2.05) is 0 Å². The zero-order valence-corrected chi connectivity index (χ0v) is 12.4. The number of rotatable bonds is 3. The molecular weight excluding hydrogens is 300 g/mol. The number of phenols is 3. The van der Waals surface area contributed by atoms with Crippen molar-refractivity contribution in [3.63, 3.8) is 0 Å². The number of ether oxygens (including phenoxy) is 2. The molecule has 3 N–H and O–H groups in total. The third-order valence-corrected chi connectivity index (χ3v) is 3.88. The zero-order chi connectivity index (χ0) is 16.6. The van der Waals surface area contributed by atoms with Crippen LogP contribution in [-0.4, -0.2) is 34.8 Å². The van der Waals surface area contributed by atoms with Gasteiger partial charge < -0.3 is 24.8 Å². The first-order valence-electron chi connectivity index (χ1n) is 7.09. The first-order valence-corrected chi connectivity index (χ1v) is 7.09. The van der Waals surface area contributed by atoms with Gasteiger partial charge >= 0.3 is 0 Å². The highest BCUT2D eigenvalue weighted by atomic mass is 16.5. The van der Waals surface area contributed by atoms with Gasteiger partial charge in [-0.2, -0.15) is 0 Å². The summed E-state index contributed by atoms with van der Waals surface area (Å²) in [6.07, 6.45) is 0.418. The minimum absolute atomic E-state index is 0.0229. The number of ketones is 1. The van der Waals surface area contributed by atoms with E-state index in [-0.39, 0.29) is 41.0 Å². The van der Waals surface area contributed by atoms with Gasteiger partial charge in [-0.3, -0.25) is 4.79 Å². The molecule has 0 unspecified atom stereocenters. The molecule has 1 heterocycles. The minimum atomic E-state index is -0.466. The lowest BCUT2D eigenvalue weighted by Gasteiger charge is -2.25. The van der Waals surface area contributed by atoms with Crippen molar-refractivity contribution in [2.75, 3.05) is 13.7 Å². The topological polar surface area (TPSA) is 96.2 Å². The number of fused-ring (bicyclic) bond motifs is 1. The van der Waals surface area contributed by atoms with Crippen molar-refractivity contribution in [1.29, 1.82) is 0 Å². The lowest BCUT2D eigenvalue weighted by atomic mass is 9.89. The number of phenolic OH excluding ortho intramolecular Hbond substituents is 3. The summed E-state index contributed by atoms with van der Waals surface area (Å²) < 4.78 is 10.4. The van der Waals surface area contributed by atoms with Gasteiger partial charge in [0.05, 0.1) is 19.6 Å². The number of hydrogen-bond donors (Lipinski definition) is 3. The zero-order valence-electron chi connectivity index (χ0n) is 12.4. The summed E-state index contributed by atoms with van der Waals surface area (Å²) in [6.45, 7) is 0.151. The Morgan fingerprint density at radius 1 is 1.22 bits per heavy atom. The molecule has 2 aromatic rings. The van der Waals surface area contributed by atoms with E-state index in [0.717, 1.165) is 5.56 Å². The predicted octanol–water partition coefficient (Wildman–Crippen LogP) is 2.25. The van der Waals surface area contributed by atoms with Gasteiger partial charge in [0.15, 0.2) is 17.3 Å². The van der Waals surface area contributed by atoms with Crippen molar-refractivity contribution >= 4 is 5.78 Å². The van der Waals surface area contributed by atoms with E-state index in [0.29, 0.717) is 6.42 Å². The van der Waals surface area contributed by atoms with E-state index in [1.54, 1.807) is 24.3 Å². The molecule has 120 valence electrons. The van der Waals surface area contributed by atoms with Gasteiger partial charge in [0.25, 0.3) is 0 Å². The summed E-state index contributed by atoms with van der Waals surface area (Å²) in [7, 11) is 1.29. The highest BCUT2D eigenvalue weighted by Gasteiger charge is 2.34. The quantitative estimate of drug-likeness (QED) is 0.803. The molecule has 6 heteroatoms. The minimum Gasteiger partial charge on any atom is -0.508 e. The maximum absolute atomic E-state index is 12.7. The Morgan fingerprint density at radius 2 is 1.91 bits per heavy atom. The standard InChI is InChI=1S/C17H16O6/c1-22-17-12(19)7-13-14(16(17)21)15(20)10(8-23-13)6-9-2-4-11(18)5-3-9/h2-5,7,10,18-19,21H,6,8H2,1H3/t10-/m1/s1. The summed E-state index contributed by atoms with van der Waals surface area (Å²) in [6, 6.07) is 7.83. The maximum Gasteiger partial charge on any atom is 0.203 e. The van der Waals surface area contributed by atoms with Gasteiger partial charge in [0, 0.05) is 6.07 Å². The molecule has 2 aromatic carbocycles. The van der Waals surface area contributed by atoms with E-state index in [9.17, 15) is 20.1 Å². The maximum atomic E-state index is 12.7. The Hall–Kier alpha value is -2.89. The fraction of sp³-hybridized carbons (Fsp3) is 0.235. The number of carbonyl (C=O) groups is 1. The first-order chi connectivity index (χ1) is 11.0. The fourth-order valence-corrected chi connectivity index (χ4v) is 2.70. The van der Waals surface area contributed by atoms with Crippen molar-refractivity contribution in [1.82, 2.24) is 0 Å². The molecule has 3 rings (SSSR count). The predicted molar refractivity (Wildman–Crippen MR) is 81.4 cm³/mol. The number of carbonyl (C=O) groups excluding carboxylic acids is 1. The number of methoxy groups -OCH3 is 1. The van der Waals surface area contributed by atoms with Crippen molar-refractivity contribution in [3.05, 3.63) is 41.5 Å². The SMILES string of the molecule is COc1c(O)cc2c(c1O)C(=O)[C@H](Cc1ccc(O)cc1)CO2. The van der Waals surface area contributed by atoms with E-state index in [2.05, 4.69) is 0 Å². The van der Waals surface area contributed by atoms with Crippen LogP contribution in [0.2, 0.25) is 0 Å². The Kier molecular flexibility index (Phi) is 3.73. The van der Waals surface area contributed by atoms with Gasteiger partial charge in [0.2, 0.25) is 5.75 Å². The molecular formula is C17H16O6. The molecule has 0 saturated heterocycles. The van der Waals surface area contributed by atoms with Gasteiger partial charge in [-0.1, -0.05) is 12.1 Å². The third-order valence-electron chi connectivity index (χ3n) is 3.88. The molecule has 1 aliphatic heterocycles. The second-order valence-corrected chi connectivity index (χ2v) is 5.39. The monoisotopic (exact) mass is 316 g/mol. The van der Waals surface area contributed by atoms with E-state index < -0.39 is 11.7 Å². The molecule has 1 atom stereocenters. The number of Topliss-reactive ketones (excluding diaryl/α,β-unsaturated/α-hetero) is 1. The molecule has 23 heavy (non-hydrogen) atoms. The van der Waals surface area contributed by atoms with Gasteiger partial charge in [-0.05, 0) is 24.1 Å². The van der Waals surface area contributed by atoms with Crippen LogP contribution in [0.3, 0.4) is 0 Å². The van der Waals surface area contributed by atoms with Crippen molar-refractivity contribution in [2.45, 2.75) is 6.42 Å². The van der Waals surface area contributed by atoms with E-state index >= 15 is 0 Å². The number of aromatic hydroxyl groups is 3. The first kappa shape index (κ1) is 15.0. The van der Waals surface area contributed by atoms with Gasteiger partial charge in [-0.15, -0.1) is 0 Å². The summed E-state index contributed by atoms with van der Waals surface area (Å²) in [5.74, 6) is -1.28. The van der Waals surface area contributed by atoms with Crippen molar-refractivity contribution in [2.24, 2.45) is 5.92 Å². The van der Waals surface area contributed by atoms with Crippen LogP contribution in [0.25, 0.3) is 0 Å². The molecule has 0 spiro atoms. The molecule has 0 bridgehead atoms. The molecule has 0 amide bonds. The van der Waals surface area contributed by atoms with Crippen LogP contribution in [-0.2, 0) is 6.42 Å². The molecule has 6 nitrogen and oxygen atoms in total. The van der Waals surface area contributed by atoms with Crippen LogP contribution in [0.15, 0.2) is 30.3 Å². The number of hydrogen-bond acceptors (Lipinski definition) is 6. The van der Waals surface area contributed by atoms with E-state index in [4.69, 9.17) is 9.47 Å². The molecule has 0 fully saturated rings.